The molecule has 0 aromatic heterocycles. The Hall–Kier alpha value is -3.24. The van der Waals surface area contributed by atoms with Crippen molar-refractivity contribution in [3.63, 3.8) is 0 Å². The molecule has 1 heterocycles. The molecule has 2 aromatic rings. The van der Waals surface area contributed by atoms with E-state index in [1.54, 1.807) is 36.4 Å². The number of carbonyl (C=O) groups is 3. The lowest BCUT2D eigenvalue weighted by Crippen LogP contribution is -2.35. The number of benzene rings is 2. The largest absolute Gasteiger partial charge is 0.465 e. The summed E-state index contributed by atoms with van der Waals surface area (Å²) in [5.41, 5.74) is 1.60. The van der Waals surface area contributed by atoms with E-state index >= 15 is 0 Å². The molecule has 0 radical (unpaired) electrons. The van der Waals surface area contributed by atoms with E-state index in [2.05, 4.69) is 10.1 Å². The van der Waals surface area contributed by atoms with Gasteiger partial charge in [0.1, 0.15) is 0 Å². The van der Waals surface area contributed by atoms with Crippen LogP contribution < -0.4 is 5.32 Å². The van der Waals surface area contributed by atoms with Gasteiger partial charge in [-0.2, -0.15) is 4.31 Å². The third-order valence-corrected chi connectivity index (χ3v) is 7.36. The number of piperidine rings is 1. The molecule has 34 heavy (non-hydrogen) atoms. The van der Waals surface area contributed by atoms with Crippen LogP contribution >= 0.6 is 0 Å². The van der Waals surface area contributed by atoms with E-state index in [4.69, 9.17) is 4.74 Å². The summed E-state index contributed by atoms with van der Waals surface area (Å²) in [5, 5.41) is 2.57. The quantitative estimate of drug-likeness (QED) is 0.539. The summed E-state index contributed by atoms with van der Waals surface area (Å²) in [5.74, 6) is -1.53. The van der Waals surface area contributed by atoms with Crippen LogP contribution in [0, 0.1) is 0 Å². The van der Waals surface area contributed by atoms with Crippen LogP contribution in [0.4, 0.5) is 5.69 Å². The number of esters is 2. The minimum Gasteiger partial charge on any atom is -0.465 e. The Labute approximate surface area is 199 Å². The smallest absolute Gasteiger partial charge is 0.337 e. The van der Waals surface area contributed by atoms with Gasteiger partial charge in [0, 0.05) is 25.2 Å². The third kappa shape index (κ3) is 6.88. The average Bonchev–Trinajstić information content (AvgIpc) is 2.87. The molecule has 1 N–H and O–H groups in total. The number of carbonyl (C=O) groups excluding carboxylic acids is 3. The van der Waals surface area contributed by atoms with Gasteiger partial charge in [-0.15, -0.1) is 0 Å². The van der Waals surface area contributed by atoms with Crippen molar-refractivity contribution < 1.29 is 32.3 Å². The molecule has 0 spiro atoms. The van der Waals surface area contributed by atoms with E-state index in [1.165, 1.54) is 23.5 Å². The van der Waals surface area contributed by atoms with Crippen LogP contribution in [0.1, 0.15) is 41.6 Å². The highest BCUT2D eigenvalue weighted by atomic mass is 32.2. The van der Waals surface area contributed by atoms with Gasteiger partial charge in [0.2, 0.25) is 10.0 Å². The SMILES string of the molecule is COC(=O)c1ccc(NC(=O)COC(=O)CCc2ccc(S(=O)(=O)N3CCCCC3)cc2)cc1. The Morgan fingerprint density at radius 3 is 2.21 bits per heavy atom. The van der Waals surface area contributed by atoms with Gasteiger partial charge in [0.15, 0.2) is 6.61 Å². The van der Waals surface area contributed by atoms with Gasteiger partial charge in [-0.25, -0.2) is 13.2 Å². The first-order valence-electron chi connectivity index (χ1n) is 11.0. The zero-order valence-corrected chi connectivity index (χ0v) is 19.8. The predicted molar refractivity (Wildman–Crippen MR) is 125 cm³/mol. The van der Waals surface area contributed by atoms with E-state index in [0.717, 1.165) is 24.8 Å². The summed E-state index contributed by atoms with van der Waals surface area (Å²) in [4.78, 5) is 35.7. The maximum Gasteiger partial charge on any atom is 0.337 e. The molecule has 1 saturated heterocycles. The maximum absolute atomic E-state index is 12.7. The molecule has 1 amide bonds. The second-order valence-electron chi connectivity index (χ2n) is 7.89. The van der Waals surface area contributed by atoms with Crippen molar-refractivity contribution in [3.8, 4) is 0 Å². The molecule has 3 rings (SSSR count). The van der Waals surface area contributed by atoms with Crippen molar-refractivity contribution in [3.05, 3.63) is 59.7 Å². The standard InChI is InChI=1S/C24H28N2O7S/c1-32-24(29)19-8-10-20(11-9-19)25-22(27)17-33-23(28)14-7-18-5-12-21(13-6-18)34(30,31)26-15-3-2-4-16-26/h5-6,8-13H,2-4,7,14-17H2,1H3,(H,25,27). The first-order chi connectivity index (χ1) is 16.3. The molecule has 0 bridgehead atoms. The van der Waals surface area contributed by atoms with Gasteiger partial charge in [-0.3, -0.25) is 9.59 Å². The van der Waals surface area contributed by atoms with Crippen LogP contribution in [-0.4, -0.2) is 57.4 Å². The highest BCUT2D eigenvalue weighted by Crippen LogP contribution is 2.21. The summed E-state index contributed by atoms with van der Waals surface area (Å²) in [6.45, 7) is 0.648. The fourth-order valence-corrected chi connectivity index (χ4v) is 5.07. The molecule has 0 aliphatic carbocycles. The Morgan fingerprint density at radius 2 is 1.59 bits per heavy atom. The number of hydrogen-bond acceptors (Lipinski definition) is 7. The van der Waals surface area contributed by atoms with E-state index in [0.29, 0.717) is 30.8 Å². The zero-order valence-electron chi connectivity index (χ0n) is 19.0. The van der Waals surface area contributed by atoms with Crippen LogP contribution in [0.25, 0.3) is 0 Å². The highest BCUT2D eigenvalue weighted by molar-refractivity contribution is 7.89. The van der Waals surface area contributed by atoms with Crippen LogP contribution in [0.15, 0.2) is 53.4 Å². The minimum absolute atomic E-state index is 0.0549. The van der Waals surface area contributed by atoms with Gasteiger partial charge in [0.05, 0.1) is 17.6 Å². The highest BCUT2D eigenvalue weighted by Gasteiger charge is 2.25. The number of anilines is 1. The number of nitrogens with zero attached hydrogens (tertiary/aromatic N) is 1. The molecule has 10 heteroatoms. The number of nitrogens with one attached hydrogen (secondary N) is 1. The third-order valence-electron chi connectivity index (χ3n) is 5.45. The molecule has 9 nitrogen and oxygen atoms in total. The number of ether oxygens (including phenoxy) is 2. The number of methoxy groups -OCH3 is 1. The van der Waals surface area contributed by atoms with E-state index in [-0.39, 0.29) is 11.3 Å². The average molecular weight is 489 g/mol. The molecule has 2 aromatic carbocycles. The van der Waals surface area contributed by atoms with Crippen molar-refractivity contribution >= 4 is 33.6 Å². The lowest BCUT2D eigenvalue weighted by molar-refractivity contribution is -0.147. The van der Waals surface area contributed by atoms with Crippen molar-refractivity contribution in [2.45, 2.75) is 37.0 Å². The van der Waals surface area contributed by atoms with Crippen molar-refractivity contribution in [2.24, 2.45) is 0 Å². The lowest BCUT2D eigenvalue weighted by atomic mass is 10.1. The van der Waals surface area contributed by atoms with Crippen LogP contribution in [0.2, 0.25) is 0 Å². The van der Waals surface area contributed by atoms with Gasteiger partial charge < -0.3 is 14.8 Å². The number of amides is 1. The first kappa shape index (κ1) is 25.4. The zero-order chi connectivity index (χ0) is 24.6. The molecular formula is C24H28N2O7S. The fraction of sp³-hybridized carbons (Fsp3) is 0.375. The van der Waals surface area contributed by atoms with Crippen LogP contribution in [0.5, 0.6) is 0 Å². The first-order valence-corrected chi connectivity index (χ1v) is 12.5. The fourth-order valence-electron chi connectivity index (χ4n) is 3.55. The minimum atomic E-state index is -3.49. The topological polar surface area (TPSA) is 119 Å². The molecule has 0 atom stereocenters. The number of aryl methyl sites for hydroxylation is 1. The summed E-state index contributed by atoms with van der Waals surface area (Å²) in [6.07, 6.45) is 3.21. The summed E-state index contributed by atoms with van der Waals surface area (Å²) >= 11 is 0. The number of hydrogen-bond donors (Lipinski definition) is 1. The second kappa shape index (κ2) is 11.8. The monoisotopic (exact) mass is 488 g/mol. The van der Waals surface area contributed by atoms with Gasteiger partial charge in [0.25, 0.3) is 5.91 Å². The molecule has 1 aliphatic rings. The normalized spacial score (nSPS) is 14.3. The molecular weight excluding hydrogens is 460 g/mol. The Bertz CT molecular complexity index is 1110. The van der Waals surface area contributed by atoms with E-state index < -0.39 is 34.5 Å². The van der Waals surface area contributed by atoms with E-state index in [1.807, 2.05) is 0 Å². The number of sulfonamides is 1. The van der Waals surface area contributed by atoms with E-state index in [9.17, 15) is 22.8 Å². The van der Waals surface area contributed by atoms with Gasteiger partial charge in [-0.1, -0.05) is 18.6 Å². The number of rotatable bonds is 9. The Kier molecular flexibility index (Phi) is 8.78. The van der Waals surface area contributed by atoms with Crippen LogP contribution in [0.3, 0.4) is 0 Å². The summed E-state index contributed by atoms with van der Waals surface area (Å²) in [6, 6.07) is 12.6. The summed E-state index contributed by atoms with van der Waals surface area (Å²) in [7, 11) is -2.21. The van der Waals surface area contributed by atoms with Crippen molar-refractivity contribution in [1.82, 2.24) is 4.31 Å². The van der Waals surface area contributed by atoms with Crippen molar-refractivity contribution in [1.29, 1.82) is 0 Å². The Morgan fingerprint density at radius 1 is 0.941 bits per heavy atom. The Balaban J connectivity index is 1.42. The second-order valence-corrected chi connectivity index (χ2v) is 9.82. The summed E-state index contributed by atoms with van der Waals surface area (Å²) < 4.78 is 36.5. The lowest BCUT2D eigenvalue weighted by Gasteiger charge is -2.25. The molecule has 0 unspecified atom stereocenters. The van der Waals surface area contributed by atoms with Crippen molar-refractivity contribution in [2.75, 3.05) is 32.1 Å². The maximum atomic E-state index is 12.7. The molecule has 0 saturated carbocycles. The predicted octanol–water partition coefficient (Wildman–Crippen LogP) is 2.76. The van der Waals surface area contributed by atoms with Gasteiger partial charge in [-0.05, 0) is 61.2 Å². The van der Waals surface area contributed by atoms with Crippen LogP contribution in [-0.2, 0) is 35.5 Å². The molecule has 182 valence electrons. The molecule has 1 aliphatic heterocycles. The molecule has 1 fully saturated rings. The van der Waals surface area contributed by atoms with Gasteiger partial charge >= 0.3 is 11.9 Å².